The van der Waals surface area contributed by atoms with Crippen molar-refractivity contribution in [1.29, 1.82) is 0 Å². The van der Waals surface area contributed by atoms with Gasteiger partial charge in [0.1, 0.15) is 17.5 Å². The van der Waals surface area contributed by atoms with Crippen LogP contribution in [0.4, 0.5) is 0 Å². The summed E-state index contributed by atoms with van der Waals surface area (Å²) in [4.78, 5) is 52.5. The molecule has 1 aromatic heterocycles. The van der Waals surface area contributed by atoms with Crippen molar-refractivity contribution < 1.29 is 19.1 Å². The molecule has 0 radical (unpaired) electrons. The van der Waals surface area contributed by atoms with Crippen LogP contribution in [0, 0.1) is 6.92 Å². The summed E-state index contributed by atoms with van der Waals surface area (Å²) >= 11 is 0. The number of H-pyrrole nitrogens is 1. The van der Waals surface area contributed by atoms with Crippen LogP contribution in [-0.2, 0) is 22.6 Å². The lowest BCUT2D eigenvalue weighted by Crippen LogP contribution is -2.49. The first kappa shape index (κ1) is 23.5. The molecule has 1 heterocycles. The maximum atomic E-state index is 13.0. The summed E-state index contributed by atoms with van der Waals surface area (Å²) in [6.45, 7) is 1.81. The minimum absolute atomic E-state index is 0.0482. The average Bonchev–Trinajstić information content (AvgIpc) is 2.84. The smallest absolute Gasteiger partial charge is 0.289 e. The van der Waals surface area contributed by atoms with Gasteiger partial charge in [-0.2, -0.15) is 0 Å². The monoisotopic (exact) mass is 447 g/mol. The van der Waals surface area contributed by atoms with Crippen LogP contribution in [-0.4, -0.2) is 35.7 Å². The summed E-state index contributed by atoms with van der Waals surface area (Å²) in [6, 6.07) is 17.8. The van der Waals surface area contributed by atoms with E-state index in [1.165, 1.54) is 12.1 Å². The Balaban J connectivity index is 1.75. The zero-order valence-corrected chi connectivity index (χ0v) is 18.4. The molecule has 2 amide bonds. The lowest BCUT2D eigenvalue weighted by Gasteiger charge is -2.18. The van der Waals surface area contributed by atoms with Crippen molar-refractivity contribution in [2.75, 3.05) is 7.11 Å². The molecule has 0 aliphatic rings. The standard InChI is InChI=1S/C25H25N3O5/c1-16-8-13-21(29)28-22(16)24(31)27-20(14-17-6-4-3-5-7-17)23(30)25(32)26-15-18-9-11-19(33-2)12-10-18/h3-13,20H,14-15H2,1-2H3,(H,26,32)(H,27,31)(H,28,29)/t20-/m0/s1. The summed E-state index contributed by atoms with van der Waals surface area (Å²) in [5, 5.41) is 5.21. The first-order valence-electron chi connectivity index (χ1n) is 10.4. The average molecular weight is 447 g/mol. The molecule has 0 saturated heterocycles. The van der Waals surface area contributed by atoms with E-state index in [1.54, 1.807) is 62.6 Å². The van der Waals surface area contributed by atoms with Gasteiger partial charge in [0.25, 0.3) is 11.8 Å². The number of aryl methyl sites for hydroxylation is 1. The Morgan fingerprint density at radius 3 is 2.30 bits per heavy atom. The van der Waals surface area contributed by atoms with Crippen LogP contribution in [0.1, 0.15) is 27.2 Å². The molecule has 1 atom stereocenters. The van der Waals surface area contributed by atoms with E-state index in [4.69, 9.17) is 4.74 Å². The maximum Gasteiger partial charge on any atom is 0.289 e. The van der Waals surface area contributed by atoms with Crippen molar-refractivity contribution >= 4 is 17.6 Å². The fraction of sp³-hybridized carbons (Fsp3) is 0.200. The number of ether oxygens (including phenoxy) is 1. The second kappa shape index (κ2) is 10.9. The van der Waals surface area contributed by atoms with Crippen molar-refractivity contribution in [3.63, 3.8) is 0 Å². The molecule has 3 aromatic rings. The highest BCUT2D eigenvalue weighted by Crippen LogP contribution is 2.11. The molecule has 0 fully saturated rings. The number of Topliss-reactive ketones (excluding diaryl/α,β-unsaturated/α-hetero) is 1. The lowest BCUT2D eigenvalue weighted by atomic mass is 10.0. The molecule has 170 valence electrons. The van der Waals surface area contributed by atoms with Gasteiger partial charge in [-0.25, -0.2) is 0 Å². The minimum Gasteiger partial charge on any atom is -0.497 e. The quantitative estimate of drug-likeness (QED) is 0.433. The Morgan fingerprint density at radius 2 is 1.64 bits per heavy atom. The van der Waals surface area contributed by atoms with E-state index in [0.29, 0.717) is 11.3 Å². The summed E-state index contributed by atoms with van der Waals surface area (Å²) in [5.74, 6) is -1.55. The fourth-order valence-corrected chi connectivity index (χ4v) is 3.24. The molecular formula is C25H25N3O5. The summed E-state index contributed by atoms with van der Waals surface area (Å²) in [5.41, 5.74) is 1.72. The van der Waals surface area contributed by atoms with Crippen LogP contribution in [0.5, 0.6) is 5.75 Å². The first-order valence-corrected chi connectivity index (χ1v) is 10.4. The number of ketones is 1. The van der Waals surface area contributed by atoms with Crippen molar-refractivity contribution in [3.05, 3.63) is 99.5 Å². The molecule has 0 aliphatic carbocycles. The number of rotatable bonds is 9. The van der Waals surface area contributed by atoms with Crippen molar-refractivity contribution in [1.82, 2.24) is 15.6 Å². The van der Waals surface area contributed by atoms with Gasteiger partial charge in [-0.1, -0.05) is 48.5 Å². The number of pyridine rings is 1. The van der Waals surface area contributed by atoms with Gasteiger partial charge in [-0.05, 0) is 35.7 Å². The van der Waals surface area contributed by atoms with E-state index in [-0.39, 0.29) is 18.7 Å². The Hall–Kier alpha value is -4.20. The van der Waals surface area contributed by atoms with E-state index < -0.39 is 29.2 Å². The normalized spacial score (nSPS) is 11.3. The number of hydrogen-bond acceptors (Lipinski definition) is 5. The number of hydrogen-bond donors (Lipinski definition) is 3. The number of benzene rings is 2. The molecule has 0 aliphatic heterocycles. The Kier molecular flexibility index (Phi) is 7.75. The topological polar surface area (TPSA) is 117 Å². The SMILES string of the molecule is COc1ccc(CNC(=O)C(=O)[C@H](Cc2ccccc2)NC(=O)c2[nH]c(=O)ccc2C)cc1. The molecule has 3 N–H and O–H groups in total. The Morgan fingerprint density at radius 1 is 0.939 bits per heavy atom. The van der Waals surface area contributed by atoms with Crippen LogP contribution >= 0.6 is 0 Å². The zero-order valence-electron chi connectivity index (χ0n) is 18.4. The maximum absolute atomic E-state index is 13.0. The van der Waals surface area contributed by atoms with Gasteiger partial charge >= 0.3 is 0 Å². The van der Waals surface area contributed by atoms with E-state index >= 15 is 0 Å². The zero-order chi connectivity index (χ0) is 23.8. The summed E-state index contributed by atoms with van der Waals surface area (Å²) in [6.07, 6.45) is 0.123. The molecule has 0 bridgehead atoms. The third-order valence-corrected chi connectivity index (χ3v) is 5.09. The number of carbonyl (C=O) groups is 3. The molecule has 8 heteroatoms. The van der Waals surface area contributed by atoms with Gasteiger partial charge in [0, 0.05) is 19.0 Å². The number of aromatic nitrogens is 1. The van der Waals surface area contributed by atoms with Crippen molar-refractivity contribution in [2.45, 2.75) is 25.9 Å². The molecule has 2 aromatic carbocycles. The molecule has 0 saturated carbocycles. The third kappa shape index (κ3) is 6.39. The Bertz CT molecular complexity index is 1190. The van der Waals surface area contributed by atoms with Crippen molar-refractivity contribution in [3.8, 4) is 5.75 Å². The molecule has 0 unspecified atom stereocenters. The van der Waals surface area contributed by atoms with Crippen LogP contribution in [0.15, 0.2) is 71.5 Å². The van der Waals surface area contributed by atoms with Gasteiger partial charge in [0.05, 0.1) is 7.11 Å². The second-order valence-corrected chi connectivity index (χ2v) is 7.49. The predicted molar refractivity (Wildman–Crippen MR) is 123 cm³/mol. The van der Waals surface area contributed by atoms with Gasteiger partial charge < -0.3 is 20.4 Å². The summed E-state index contributed by atoms with van der Waals surface area (Å²) < 4.78 is 5.11. The van der Waals surface area contributed by atoms with Crippen LogP contribution in [0.2, 0.25) is 0 Å². The van der Waals surface area contributed by atoms with Gasteiger partial charge in [0.15, 0.2) is 0 Å². The third-order valence-electron chi connectivity index (χ3n) is 5.09. The number of aromatic amines is 1. The number of carbonyl (C=O) groups excluding carboxylic acids is 3. The summed E-state index contributed by atoms with van der Waals surface area (Å²) in [7, 11) is 1.56. The lowest BCUT2D eigenvalue weighted by molar-refractivity contribution is -0.139. The van der Waals surface area contributed by atoms with E-state index in [9.17, 15) is 19.2 Å². The highest BCUT2D eigenvalue weighted by Gasteiger charge is 2.28. The largest absolute Gasteiger partial charge is 0.497 e. The molecule has 0 spiro atoms. The van der Waals surface area contributed by atoms with Crippen LogP contribution in [0.3, 0.4) is 0 Å². The minimum atomic E-state index is -1.11. The van der Waals surface area contributed by atoms with E-state index in [2.05, 4.69) is 15.6 Å². The van der Waals surface area contributed by atoms with Gasteiger partial charge in [-0.15, -0.1) is 0 Å². The number of amides is 2. The molecule has 3 rings (SSSR count). The van der Waals surface area contributed by atoms with Crippen molar-refractivity contribution in [2.24, 2.45) is 0 Å². The first-order chi connectivity index (χ1) is 15.9. The second-order valence-electron chi connectivity index (χ2n) is 7.49. The Labute approximate surface area is 191 Å². The highest BCUT2D eigenvalue weighted by atomic mass is 16.5. The van der Waals surface area contributed by atoms with Gasteiger partial charge in [-0.3, -0.25) is 19.2 Å². The van der Waals surface area contributed by atoms with E-state index in [1.807, 2.05) is 6.07 Å². The predicted octanol–water partition coefficient (Wildman–Crippen LogP) is 1.92. The number of methoxy groups -OCH3 is 1. The van der Waals surface area contributed by atoms with E-state index in [0.717, 1.165) is 11.1 Å². The van der Waals surface area contributed by atoms with Gasteiger partial charge in [0.2, 0.25) is 11.3 Å². The van der Waals surface area contributed by atoms with Crippen LogP contribution in [0.25, 0.3) is 0 Å². The molecule has 8 nitrogen and oxygen atoms in total. The fourth-order valence-electron chi connectivity index (χ4n) is 3.24. The highest BCUT2D eigenvalue weighted by molar-refractivity contribution is 6.38. The molecule has 33 heavy (non-hydrogen) atoms. The van der Waals surface area contributed by atoms with Crippen LogP contribution < -0.4 is 20.9 Å². The molecular weight excluding hydrogens is 422 g/mol. The number of nitrogens with one attached hydrogen (secondary N) is 3.